The summed E-state index contributed by atoms with van der Waals surface area (Å²) < 4.78 is 22.7. The molecule has 1 aromatic rings. The molecule has 1 aliphatic rings. The Kier molecular flexibility index (Phi) is 3.19. The van der Waals surface area contributed by atoms with E-state index in [0.29, 0.717) is 12.2 Å². The van der Waals surface area contributed by atoms with Crippen LogP contribution in [0.15, 0.2) is 6.20 Å². The second-order valence-corrected chi connectivity index (χ2v) is 6.43. The first kappa shape index (κ1) is 12.1. The Morgan fingerprint density at radius 1 is 1.59 bits per heavy atom. The first-order chi connectivity index (χ1) is 8.00. The van der Waals surface area contributed by atoms with Crippen LogP contribution < -0.4 is 11.1 Å². The van der Waals surface area contributed by atoms with Crippen molar-refractivity contribution in [3.05, 3.63) is 11.8 Å². The fourth-order valence-corrected chi connectivity index (χ4v) is 3.58. The highest BCUT2D eigenvalue weighted by atomic mass is 32.2. The first-order valence-corrected chi connectivity index (χ1v) is 7.40. The van der Waals surface area contributed by atoms with Crippen molar-refractivity contribution in [3.8, 4) is 0 Å². The van der Waals surface area contributed by atoms with Crippen LogP contribution in [0.5, 0.6) is 0 Å². The van der Waals surface area contributed by atoms with E-state index in [2.05, 4.69) is 15.3 Å². The van der Waals surface area contributed by atoms with Crippen molar-refractivity contribution < 1.29 is 8.42 Å². The van der Waals surface area contributed by atoms with Crippen molar-refractivity contribution in [2.24, 2.45) is 0 Å². The molecule has 0 aliphatic carbocycles. The second-order valence-electron chi connectivity index (χ2n) is 4.20. The Balaban J connectivity index is 2.16. The van der Waals surface area contributed by atoms with Gasteiger partial charge in [-0.15, -0.1) is 0 Å². The molecular formula is C10H16N4O2S. The molecule has 1 aliphatic heterocycles. The quantitative estimate of drug-likeness (QED) is 0.802. The van der Waals surface area contributed by atoms with Gasteiger partial charge >= 0.3 is 0 Å². The molecule has 1 saturated heterocycles. The number of aryl methyl sites for hydroxylation is 1. The average Bonchev–Trinajstić information content (AvgIpc) is 2.58. The van der Waals surface area contributed by atoms with Crippen LogP contribution in [0, 0.1) is 0 Å². The van der Waals surface area contributed by atoms with Crippen LogP contribution in [0.3, 0.4) is 0 Å². The van der Waals surface area contributed by atoms with Crippen LogP contribution in [0.2, 0.25) is 0 Å². The zero-order valence-corrected chi connectivity index (χ0v) is 10.5. The third-order valence-electron chi connectivity index (χ3n) is 2.84. The molecule has 0 aromatic carbocycles. The Morgan fingerprint density at radius 3 is 2.94 bits per heavy atom. The van der Waals surface area contributed by atoms with Gasteiger partial charge in [0.05, 0.1) is 11.5 Å². The number of nitrogens with zero attached hydrogens (tertiary/aromatic N) is 2. The minimum Gasteiger partial charge on any atom is -0.368 e. The molecule has 0 radical (unpaired) electrons. The standard InChI is InChI=1S/C10H16N4O2S/c1-2-7-5-12-10(11)14-9(7)13-8-3-4-17(15,16)6-8/h5,8H,2-4,6H2,1H3,(H3,11,12,13,14). The highest BCUT2D eigenvalue weighted by molar-refractivity contribution is 7.91. The number of anilines is 2. The lowest BCUT2D eigenvalue weighted by atomic mass is 10.2. The van der Waals surface area contributed by atoms with E-state index in [4.69, 9.17) is 5.73 Å². The third kappa shape index (κ3) is 2.85. The van der Waals surface area contributed by atoms with Gasteiger partial charge in [-0.1, -0.05) is 6.92 Å². The van der Waals surface area contributed by atoms with Crippen LogP contribution in [0.25, 0.3) is 0 Å². The number of nitrogen functional groups attached to an aromatic ring is 1. The molecule has 2 heterocycles. The summed E-state index contributed by atoms with van der Waals surface area (Å²) in [6.07, 6.45) is 3.07. The Labute approximate surface area is 101 Å². The number of nitrogens with two attached hydrogens (primary N) is 1. The van der Waals surface area contributed by atoms with Crippen LogP contribution in [0.4, 0.5) is 11.8 Å². The molecule has 0 amide bonds. The molecule has 0 saturated carbocycles. The molecule has 1 atom stereocenters. The fourth-order valence-electron chi connectivity index (χ4n) is 1.91. The molecule has 7 heteroatoms. The summed E-state index contributed by atoms with van der Waals surface area (Å²) >= 11 is 0. The molecule has 0 spiro atoms. The lowest BCUT2D eigenvalue weighted by Crippen LogP contribution is -2.22. The van der Waals surface area contributed by atoms with Gasteiger partial charge in [-0.2, -0.15) is 4.98 Å². The third-order valence-corrected chi connectivity index (χ3v) is 4.61. The van der Waals surface area contributed by atoms with Gasteiger partial charge in [0.1, 0.15) is 5.82 Å². The molecule has 1 unspecified atom stereocenters. The van der Waals surface area contributed by atoms with Gasteiger partial charge in [0, 0.05) is 17.8 Å². The summed E-state index contributed by atoms with van der Waals surface area (Å²) in [5.41, 5.74) is 6.48. The maximum atomic E-state index is 11.4. The molecule has 3 N–H and O–H groups in total. The van der Waals surface area contributed by atoms with Gasteiger partial charge in [0.2, 0.25) is 5.95 Å². The first-order valence-electron chi connectivity index (χ1n) is 5.58. The van der Waals surface area contributed by atoms with Crippen molar-refractivity contribution in [3.63, 3.8) is 0 Å². The van der Waals surface area contributed by atoms with Crippen molar-refractivity contribution >= 4 is 21.6 Å². The average molecular weight is 256 g/mol. The number of aromatic nitrogens is 2. The lowest BCUT2D eigenvalue weighted by molar-refractivity contribution is 0.602. The topological polar surface area (TPSA) is 98.0 Å². The summed E-state index contributed by atoms with van der Waals surface area (Å²) in [6.45, 7) is 1.99. The highest BCUT2D eigenvalue weighted by Gasteiger charge is 2.28. The summed E-state index contributed by atoms with van der Waals surface area (Å²) in [6, 6.07) is -0.0698. The molecule has 1 fully saturated rings. The predicted molar refractivity (Wildman–Crippen MR) is 66.5 cm³/mol. The summed E-state index contributed by atoms with van der Waals surface area (Å²) in [5.74, 6) is 1.26. The Hall–Kier alpha value is -1.37. The minimum atomic E-state index is -2.88. The smallest absolute Gasteiger partial charge is 0.221 e. The zero-order valence-electron chi connectivity index (χ0n) is 9.68. The van der Waals surface area contributed by atoms with E-state index in [9.17, 15) is 8.42 Å². The number of sulfone groups is 1. The van der Waals surface area contributed by atoms with Gasteiger partial charge in [-0.05, 0) is 12.8 Å². The van der Waals surface area contributed by atoms with Crippen LogP contribution in [0.1, 0.15) is 18.9 Å². The second kappa shape index (κ2) is 4.48. The molecule has 1 aromatic heterocycles. The van der Waals surface area contributed by atoms with E-state index in [1.54, 1.807) is 6.20 Å². The van der Waals surface area contributed by atoms with Crippen molar-refractivity contribution in [2.75, 3.05) is 22.6 Å². The van der Waals surface area contributed by atoms with Crippen molar-refractivity contribution in [1.82, 2.24) is 9.97 Å². The van der Waals surface area contributed by atoms with Gasteiger partial charge in [-0.25, -0.2) is 13.4 Å². The van der Waals surface area contributed by atoms with E-state index < -0.39 is 9.84 Å². The SMILES string of the molecule is CCc1cnc(N)nc1NC1CCS(=O)(=O)C1. The predicted octanol–water partition coefficient (Wildman–Crippen LogP) is 0.220. The monoisotopic (exact) mass is 256 g/mol. The summed E-state index contributed by atoms with van der Waals surface area (Å²) in [5, 5.41) is 3.15. The van der Waals surface area contributed by atoms with Gasteiger partial charge in [-0.3, -0.25) is 0 Å². The maximum absolute atomic E-state index is 11.4. The maximum Gasteiger partial charge on any atom is 0.221 e. The van der Waals surface area contributed by atoms with E-state index >= 15 is 0 Å². The molecule has 94 valence electrons. The van der Waals surface area contributed by atoms with E-state index in [1.807, 2.05) is 6.92 Å². The molecule has 17 heavy (non-hydrogen) atoms. The van der Waals surface area contributed by atoms with Crippen LogP contribution in [-0.2, 0) is 16.3 Å². The minimum absolute atomic E-state index is 0.0698. The van der Waals surface area contributed by atoms with Gasteiger partial charge in [0.15, 0.2) is 9.84 Å². The molecule has 2 rings (SSSR count). The van der Waals surface area contributed by atoms with Crippen LogP contribution >= 0.6 is 0 Å². The normalized spacial score (nSPS) is 22.5. The summed E-state index contributed by atoms with van der Waals surface area (Å²) in [4.78, 5) is 8.04. The highest BCUT2D eigenvalue weighted by Crippen LogP contribution is 2.19. The Bertz CT molecular complexity index is 515. The van der Waals surface area contributed by atoms with Crippen molar-refractivity contribution in [2.45, 2.75) is 25.8 Å². The number of rotatable bonds is 3. The fraction of sp³-hybridized carbons (Fsp3) is 0.600. The van der Waals surface area contributed by atoms with E-state index in [0.717, 1.165) is 12.0 Å². The van der Waals surface area contributed by atoms with E-state index in [1.165, 1.54) is 0 Å². The van der Waals surface area contributed by atoms with Crippen molar-refractivity contribution in [1.29, 1.82) is 0 Å². The molecular weight excluding hydrogens is 240 g/mol. The lowest BCUT2D eigenvalue weighted by Gasteiger charge is -2.14. The van der Waals surface area contributed by atoms with Crippen LogP contribution in [-0.4, -0.2) is 35.9 Å². The molecule has 6 nitrogen and oxygen atoms in total. The Morgan fingerprint density at radius 2 is 2.35 bits per heavy atom. The number of hydrogen-bond donors (Lipinski definition) is 2. The summed E-state index contributed by atoms with van der Waals surface area (Å²) in [7, 11) is -2.88. The largest absolute Gasteiger partial charge is 0.368 e. The number of nitrogens with one attached hydrogen (secondary N) is 1. The number of hydrogen-bond acceptors (Lipinski definition) is 6. The zero-order chi connectivity index (χ0) is 12.5. The molecule has 0 bridgehead atoms. The van der Waals surface area contributed by atoms with Gasteiger partial charge in [0.25, 0.3) is 0 Å². The van der Waals surface area contributed by atoms with E-state index in [-0.39, 0.29) is 23.5 Å². The van der Waals surface area contributed by atoms with Gasteiger partial charge < -0.3 is 11.1 Å².